The number of carbonyl (C=O) groups is 1. The maximum absolute atomic E-state index is 11.9. The molecule has 0 spiro atoms. The maximum Gasteiger partial charge on any atom is 0.412 e. The molecule has 124 valence electrons. The van der Waals surface area contributed by atoms with Crippen molar-refractivity contribution in [1.29, 1.82) is 0 Å². The van der Waals surface area contributed by atoms with Crippen molar-refractivity contribution in [1.82, 2.24) is 10.7 Å². The van der Waals surface area contributed by atoms with Gasteiger partial charge >= 0.3 is 6.09 Å². The van der Waals surface area contributed by atoms with Crippen LogP contribution in [0.1, 0.15) is 37.7 Å². The number of hydrogen-bond acceptors (Lipinski definition) is 5. The van der Waals surface area contributed by atoms with Gasteiger partial charge in [-0.1, -0.05) is 31.4 Å². The van der Waals surface area contributed by atoms with Gasteiger partial charge in [0.25, 0.3) is 0 Å². The van der Waals surface area contributed by atoms with Gasteiger partial charge in [0.05, 0.1) is 0 Å². The molecule has 1 amide bonds. The third-order valence-electron chi connectivity index (χ3n) is 3.89. The molecule has 2 rings (SSSR count). The molecule has 1 fully saturated rings. The second-order valence-electron chi connectivity index (χ2n) is 5.54. The molecule has 0 aromatic heterocycles. The predicted molar refractivity (Wildman–Crippen MR) is 90.5 cm³/mol. The second kappa shape index (κ2) is 8.89. The third kappa shape index (κ3) is 5.37. The molecule has 0 bridgehead atoms. The highest BCUT2D eigenvalue weighted by Gasteiger charge is 2.15. The Morgan fingerprint density at radius 2 is 2.13 bits per heavy atom. The van der Waals surface area contributed by atoms with E-state index in [9.17, 15) is 4.79 Å². The first-order valence-electron chi connectivity index (χ1n) is 7.79. The van der Waals surface area contributed by atoms with Crippen molar-refractivity contribution >= 4 is 18.6 Å². The lowest BCUT2D eigenvalue weighted by atomic mass is 9.89. The van der Waals surface area contributed by atoms with Crippen LogP contribution in [-0.4, -0.2) is 25.2 Å². The number of amides is 1. The van der Waals surface area contributed by atoms with E-state index in [4.69, 9.17) is 10.6 Å². The average Bonchev–Trinajstić information content (AvgIpc) is 2.59. The summed E-state index contributed by atoms with van der Waals surface area (Å²) in [5.74, 6) is 6.69. The number of carbonyl (C=O) groups excluding carboxylic acids is 1. The molecule has 1 saturated carbocycles. The Bertz CT molecular complexity index is 567. The van der Waals surface area contributed by atoms with Crippen LogP contribution in [0.2, 0.25) is 0 Å². The van der Waals surface area contributed by atoms with Gasteiger partial charge in [-0.05, 0) is 30.9 Å². The summed E-state index contributed by atoms with van der Waals surface area (Å²) in [4.78, 5) is 11.9. The number of rotatable bonds is 5. The molecule has 7 nitrogen and oxygen atoms in total. The van der Waals surface area contributed by atoms with Gasteiger partial charge in [0.1, 0.15) is 5.75 Å². The van der Waals surface area contributed by atoms with Crippen LogP contribution in [0.25, 0.3) is 0 Å². The highest BCUT2D eigenvalue weighted by atomic mass is 16.6. The lowest BCUT2D eigenvalue weighted by molar-refractivity contribution is 0.196. The molecule has 1 aliphatic carbocycles. The van der Waals surface area contributed by atoms with Gasteiger partial charge in [-0.3, -0.25) is 0 Å². The van der Waals surface area contributed by atoms with Crippen molar-refractivity contribution in [3.8, 4) is 5.75 Å². The van der Waals surface area contributed by atoms with Gasteiger partial charge in [0.2, 0.25) is 0 Å². The van der Waals surface area contributed by atoms with E-state index in [1.54, 1.807) is 24.3 Å². The van der Waals surface area contributed by atoms with Crippen LogP contribution >= 0.6 is 0 Å². The molecule has 1 aliphatic rings. The molecule has 1 aromatic rings. The SMILES string of the molecule is C=N/N=C(\NN)c1cccc(OC(=O)NCC2CCCCC2)c1. The lowest BCUT2D eigenvalue weighted by Gasteiger charge is -2.21. The van der Waals surface area contributed by atoms with E-state index < -0.39 is 6.09 Å². The van der Waals surface area contributed by atoms with E-state index in [-0.39, 0.29) is 0 Å². The number of ether oxygens (including phenoxy) is 1. The van der Waals surface area contributed by atoms with E-state index in [2.05, 4.69) is 27.7 Å². The molecule has 4 N–H and O–H groups in total. The Balaban J connectivity index is 1.90. The van der Waals surface area contributed by atoms with Crippen molar-refractivity contribution in [3.63, 3.8) is 0 Å². The van der Waals surface area contributed by atoms with Gasteiger partial charge in [0.15, 0.2) is 5.84 Å². The highest BCUT2D eigenvalue weighted by Crippen LogP contribution is 2.22. The van der Waals surface area contributed by atoms with E-state index in [1.165, 1.54) is 32.1 Å². The standard InChI is InChI=1S/C16H23N5O2/c1-18-21-15(20-17)13-8-5-9-14(10-13)23-16(22)19-11-12-6-3-2-4-7-12/h5,8-10,12H,1-4,6-7,11,17H2,(H,19,22)(H,20,21). The summed E-state index contributed by atoms with van der Waals surface area (Å²) in [5.41, 5.74) is 3.08. The zero-order chi connectivity index (χ0) is 16.5. The zero-order valence-corrected chi connectivity index (χ0v) is 13.1. The van der Waals surface area contributed by atoms with Gasteiger partial charge in [-0.25, -0.2) is 10.6 Å². The molecular weight excluding hydrogens is 294 g/mol. The highest BCUT2D eigenvalue weighted by molar-refractivity contribution is 5.98. The van der Waals surface area contributed by atoms with Crippen molar-refractivity contribution in [3.05, 3.63) is 29.8 Å². The van der Waals surface area contributed by atoms with Crippen LogP contribution in [0.3, 0.4) is 0 Å². The minimum absolute atomic E-state index is 0.341. The molecule has 0 saturated heterocycles. The Labute approximate surface area is 136 Å². The van der Waals surface area contributed by atoms with Gasteiger partial charge < -0.3 is 15.5 Å². The van der Waals surface area contributed by atoms with Crippen LogP contribution in [-0.2, 0) is 0 Å². The monoisotopic (exact) mass is 317 g/mol. The zero-order valence-electron chi connectivity index (χ0n) is 13.1. The normalized spacial score (nSPS) is 15.8. The van der Waals surface area contributed by atoms with Gasteiger partial charge in [-0.2, -0.15) is 5.10 Å². The Morgan fingerprint density at radius 3 is 2.83 bits per heavy atom. The van der Waals surface area contributed by atoms with Crippen LogP contribution in [0.15, 0.2) is 34.5 Å². The van der Waals surface area contributed by atoms with Crippen LogP contribution in [0, 0.1) is 5.92 Å². The summed E-state index contributed by atoms with van der Waals surface area (Å²) in [6.45, 7) is 3.95. The number of nitrogens with two attached hydrogens (primary N) is 1. The van der Waals surface area contributed by atoms with Crippen LogP contribution in [0.4, 0.5) is 4.79 Å². The molecule has 0 aliphatic heterocycles. The molecular formula is C16H23N5O2. The largest absolute Gasteiger partial charge is 0.412 e. The fraction of sp³-hybridized carbons (Fsp3) is 0.438. The van der Waals surface area contributed by atoms with Gasteiger partial charge in [-0.15, -0.1) is 5.10 Å². The predicted octanol–water partition coefficient (Wildman–Crippen LogP) is 2.18. The maximum atomic E-state index is 11.9. The minimum atomic E-state index is -0.450. The summed E-state index contributed by atoms with van der Waals surface area (Å²) >= 11 is 0. The molecule has 0 radical (unpaired) electrons. The number of nitrogens with one attached hydrogen (secondary N) is 2. The van der Waals surface area contributed by atoms with E-state index in [0.29, 0.717) is 29.6 Å². The number of hydrazine groups is 1. The molecule has 0 atom stereocenters. The number of hydrogen-bond donors (Lipinski definition) is 3. The Morgan fingerprint density at radius 1 is 1.35 bits per heavy atom. The second-order valence-corrected chi connectivity index (χ2v) is 5.54. The topological polar surface area (TPSA) is 101 Å². The van der Waals surface area contributed by atoms with Crippen LogP contribution in [0.5, 0.6) is 5.75 Å². The van der Waals surface area contributed by atoms with E-state index in [1.807, 2.05) is 0 Å². The minimum Gasteiger partial charge on any atom is -0.410 e. The van der Waals surface area contributed by atoms with Crippen LogP contribution < -0.4 is 21.3 Å². The Hall–Kier alpha value is -2.41. The first kappa shape index (κ1) is 17.0. The van der Waals surface area contributed by atoms with Crippen molar-refractivity contribution in [2.45, 2.75) is 32.1 Å². The smallest absolute Gasteiger partial charge is 0.410 e. The molecule has 0 heterocycles. The summed E-state index contributed by atoms with van der Waals surface area (Å²) in [5, 5.41) is 10.0. The summed E-state index contributed by atoms with van der Waals surface area (Å²) < 4.78 is 5.30. The molecule has 0 unspecified atom stereocenters. The molecule has 1 aromatic carbocycles. The van der Waals surface area contributed by atoms with Crippen molar-refractivity contribution < 1.29 is 9.53 Å². The fourth-order valence-corrected chi connectivity index (χ4v) is 2.71. The third-order valence-corrected chi connectivity index (χ3v) is 3.89. The molecule has 23 heavy (non-hydrogen) atoms. The summed E-state index contributed by atoms with van der Waals surface area (Å²) in [6, 6.07) is 6.87. The first-order chi connectivity index (χ1) is 11.2. The molecule has 7 heteroatoms. The number of nitrogens with zero attached hydrogens (tertiary/aromatic N) is 2. The fourth-order valence-electron chi connectivity index (χ4n) is 2.71. The summed E-state index contributed by atoms with van der Waals surface area (Å²) in [6.07, 6.45) is 5.68. The van der Waals surface area contributed by atoms with Gasteiger partial charge in [0, 0.05) is 18.8 Å². The Kier molecular flexibility index (Phi) is 6.56. The number of amidine groups is 1. The quantitative estimate of drug-likeness (QED) is 0.335. The lowest BCUT2D eigenvalue weighted by Crippen LogP contribution is -2.33. The first-order valence-corrected chi connectivity index (χ1v) is 7.79. The van der Waals surface area contributed by atoms with E-state index in [0.717, 1.165) is 0 Å². The number of benzene rings is 1. The van der Waals surface area contributed by atoms with E-state index >= 15 is 0 Å². The van der Waals surface area contributed by atoms with Crippen molar-refractivity contribution in [2.75, 3.05) is 6.54 Å². The summed E-state index contributed by atoms with van der Waals surface area (Å²) in [7, 11) is 0. The average molecular weight is 317 g/mol. The van der Waals surface area contributed by atoms with Crippen molar-refractivity contribution in [2.24, 2.45) is 22.0 Å².